The number of hydrogen-bond acceptors (Lipinski definition) is 10. The van der Waals surface area contributed by atoms with Crippen molar-refractivity contribution in [3.05, 3.63) is 0 Å². The first-order valence-corrected chi connectivity index (χ1v) is 22.3. The van der Waals surface area contributed by atoms with Crippen LogP contribution in [0.4, 0.5) is 0 Å². The average molecular weight is 765 g/mol. The number of hydrogen-bond donors (Lipinski definition) is 0. The monoisotopic (exact) mass is 765 g/mol. The van der Waals surface area contributed by atoms with E-state index in [1.165, 1.54) is 96.3 Å². The van der Waals surface area contributed by atoms with Crippen molar-refractivity contribution in [3.63, 3.8) is 0 Å². The first-order chi connectivity index (χ1) is 24.9. The molecule has 0 amide bonds. The maximum Gasteiger partial charge on any atom is 0.475 e. The molecule has 0 heterocycles. The van der Waals surface area contributed by atoms with Gasteiger partial charge in [-0.05, 0) is 19.8 Å². The van der Waals surface area contributed by atoms with Crippen LogP contribution in [-0.2, 0) is 46.7 Å². The Morgan fingerprint density at radius 2 is 0.962 bits per heavy atom. The van der Waals surface area contributed by atoms with Gasteiger partial charge < -0.3 is 18.7 Å². The van der Waals surface area contributed by atoms with Gasteiger partial charge in [0.2, 0.25) is 0 Å². The van der Waals surface area contributed by atoms with Crippen molar-refractivity contribution >= 4 is 25.7 Å². The highest BCUT2D eigenvalue weighted by Gasteiger charge is 2.32. The number of unbranched alkanes of at least 4 members (excludes halogenated alkanes) is 20. The normalized spacial score (nSPS) is 13.4. The third-order valence-corrected chi connectivity index (χ3v) is 10.2. The van der Waals surface area contributed by atoms with Crippen LogP contribution in [0.5, 0.6) is 0 Å². The van der Waals surface area contributed by atoms with E-state index in [0.29, 0.717) is 17.4 Å². The number of esters is 3. The van der Waals surface area contributed by atoms with Gasteiger partial charge in [0.05, 0.1) is 34.4 Å². The number of phosphoric ester groups is 1. The molecule has 0 fully saturated rings. The highest BCUT2D eigenvalue weighted by molar-refractivity contribution is 7.48. The molecule has 0 aliphatic rings. The second kappa shape index (κ2) is 34.0. The first kappa shape index (κ1) is 50.5. The maximum atomic E-state index is 13.5. The molecule has 0 saturated carbocycles. The van der Waals surface area contributed by atoms with Crippen molar-refractivity contribution in [2.24, 2.45) is 0 Å². The van der Waals surface area contributed by atoms with Crippen molar-refractivity contribution < 1.29 is 51.2 Å². The summed E-state index contributed by atoms with van der Waals surface area (Å²) in [6.07, 6.45) is 25.3. The molecule has 308 valence electrons. The highest BCUT2D eigenvalue weighted by Crippen LogP contribution is 2.49. The molecule has 2 atom stereocenters. The van der Waals surface area contributed by atoms with Gasteiger partial charge in [-0.3, -0.25) is 23.2 Å². The molecule has 11 nitrogen and oxygen atoms in total. The zero-order valence-corrected chi connectivity index (χ0v) is 35.2. The average Bonchev–Trinajstić information content (AvgIpc) is 3.09. The van der Waals surface area contributed by atoms with Gasteiger partial charge in [-0.15, -0.1) is 0 Å². The third kappa shape index (κ3) is 34.3. The molecule has 0 aliphatic carbocycles. The Kier molecular flexibility index (Phi) is 33.0. The minimum atomic E-state index is -4.26. The minimum Gasteiger partial charge on any atom is -0.464 e. The van der Waals surface area contributed by atoms with Crippen LogP contribution in [0, 0.1) is 0 Å². The molecule has 0 aromatic heterocycles. The molecule has 0 aromatic rings. The zero-order valence-electron chi connectivity index (χ0n) is 34.3. The van der Waals surface area contributed by atoms with Crippen LogP contribution in [-0.4, -0.2) is 89.2 Å². The fraction of sp³-hybridized carbons (Fsp3) is 0.925. The number of rotatable bonds is 38. The Balaban J connectivity index is 4.95. The van der Waals surface area contributed by atoms with Gasteiger partial charge in [0.1, 0.15) is 19.8 Å². The van der Waals surface area contributed by atoms with E-state index in [4.69, 9.17) is 27.8 Å². The van der Waals surface area contributed by atoms with Crippen LogP contribution in [0.3, 0.4) is 0 Å². The van der Waals surface area contributed by atoms with Gasteiger partial charge in [-0.2, -0.15) is 0 Å². The van der Waals surface area contributed by atoms with E-state index in [9.17, 15) is 18.9 Å². The first-order valence-electron chi connectivity index (χ1n) is 20.8. The molecular weight excluding hydrogens is 685 g/mol. The van der Waals surface area contributed by atoms with E-state index in [0.717, 1.165) is 38.5 Å². The molecular formula is C40H79NO10P+. The second-order valence-electron chi connectivity index (χ2n) is 15.0. The molecule has 2 unspecified atom stereocenters. The molecule has 0 saturated heterocycles. The van der Waals surface area contributed by atoms with Crippen molar-refractivity contribution in [1.82, 2.24) is 0 Å². The quantitative estimate of drug-likeness (QED) is 0.0197. The molecule has 0 aromatic carbocycles. The lowest BCUT2D eigenvalue weighted by Gasteiger charge is -2.25. The number of carbonyl (C=O) groups is 3. The van der Waals surface area contributed by atoms with E-state index in [1.807, 2.05) is 21.1 Å². The van der Waals surface area contributed by atoms with Gasteiger partial charge in [-0.1, -0.05) is 142 Å². The SMILES string of the molecule is CCCCCCCCCCCCCC(=O)OCC(COP(=O)(OCC[N+](C)(C)C)OCC(=O)OCC)OC(=O)CCCCCCCCCCCCC. The smallest absolute Gasteiger partial charge is 0.464 e. The lowest BCUT2D eigenvalue weighted by molar-refractivity contribution is -0.870. The van der Waals surface area contributed by atoms with Crippen molar-refractivity contribution in [1.29, 1.82) is 0 Å². The summed E-state index contributed by atoms with van der Waals surface area (Å²) in [7, 11) is 1.59. The molecule has 12 heteroatoms. The van der Waals surface area contributed by atoms with Crippen LogP contribution in [0.15, 0.2) is 0 Å². The Bertz CT molecular complexity index is 927. The summed E-state index contributed by atoms with van der Waals surface area (Å²) < 4.78 is 46.5. The molecule has 0 aliphatic heterocycles. The van der Waals surface area contributed by atoms with Crippen LogP contribution in [0.1, 0.15) is 175 Å². The van der Waals surface area contributed by atoms with Crippen LogP contribution in [0.2, 0.25) is 0 Å². The van der Waals surface area contributed by atoms with Crippen LogP contribution < -0.4 is 0 Å². The fourth-order valence-corrected chi connectivity index (χ4v) is 6.67. The summed E-state index contributed by atoms with van der Waals surface area (Å²) in [5.41, 5.74) is 0. The second-order valence-corrected chi connectivity index (χ2v) is 16.7. The van der Waals surface area contributed by atoms with Gasteiger partial charge in [0, 0.05) is 12.8 Å². The summed E-state index contributed by atoms with van der Waals surface area (Å²) in [5, 5.41) is 0. The Morgan fingerprint density at radius 1 is 0.519 bits per heavy atom. The molecule has 0 bridgehead atoms. The molecule has 0 spiro atoms. The zero-order chi connectivity index (χ0) is 38.8. The number of nitrogens with zero attached hydrogens (tertiary/aromatic N) is 1. The summed E-state index contributed by atoms with van der Waals surface area (Å²) in [4.78, 5) is 37.4. The number of likely N-dealkylation sites (N-methyl/N-ethyl adjacent to an activating group) is 1. The summed E-state index contributed by atoms with van der Waals surface area (Å²) >= 11 is 0. The number of quaternary nitrogens is 1. The standard InChI is InChI=1S/C40H79NO10P/c1-7-10-12-14-16-18-20-22-24-26-28-30-38(42)47-34-37(51-39(43)31-29-27-25-23-21-19-17-15-13-11-8-2)35-49-52(45,48-33-32-41(4,5)6)50-36-40(44)46-9-3/h37H,7-36H2,1-6H3/q+1. The van der Waals surface area contributed by atoms with Gasteiger partial charge in [-0.25, -0.2) is 9.36 Å². The van der Waals surface area contributed by atoms with Gasteiger partial charge in [0.25, 0.3) is 0 Å². The van der Waals surface area contributed by atoms with E-state index in [-0.39, 0.29) is 38.6 Å². The number of phosphoric acid groups is 1. The molecule has 0 N–H and O–H groups in total. The highest BCUT2D eigenvalue weighted by atomic mass is 31.2. The largest absolute Gasteiger partial charge is 0.475 e. The van der Waals surface area contributed by atoms with E-state index < -0.39 is 39.1 Å². The van der Waals surface area contributed by atoms with Gasteiger partial charge in [0.15, 0.2) is 12.7 Å². The fourth-order valence-electron chi connectivity index (χ4n) is 5.53. The Morgan fingerprint density at radius 3 is 1.40 bits per heavy atom. The summed E-state index contributed by atoms with van der Waals surface area (Å²) in [6, 6.07) is 0. The predicted octanol–water partition coefficient (Wildman–Crippen LogP) is 10.3. The number of ether oxygens (including phenoxy) is 3. The minimum absolute atomic E-state index is 0.0286. The van der Waals surface area contributed by atoms with Gasteiger partial charge >= 0.3 is 25.7 Å². The van der Waals surface area contributed by atoms with Crippen LogP contribution in [0.25, 0.3) is 0 Å². The van der Waals surface area contributed by atoms with Crippen molar-refractivity contribution in [3.8, 4) is 0 Å². The topological polar surface area (TPSA) is 124 Å². The van der Waals surface area contributed by atoms with E-state index in [2.05, 4.69) is 13.8 Å². The Hall–Kier alpha value is -1.52. The van der Waals surface area contributed by atoms with E-state index in [1.54, 1.807) is 6.92 Å². The molecule has 52 heavy (non-hydrogen) atoms. The number of carbonyl (C=O) groups excluding carboxylic acids is 3. The third-order valence-electron chi connectivity index (χ3n) is 8.77. The van der Waals surface area contributed by atoms with Crippen LogP contribution >= 0.6 is 7.82 Å². The Labute approximate surface area is 318 Å². The summed E-state index contributed by atoms with van der Waals surface area (Å²) in [6.45, 7) is 5.48. The maximum absolute atomic E-state index is 13.5. The molecule has 0 rings (SSSR count). The van der Waals surface area contributed by atoms with Crippen molar-refractivity contribution in [2.75, 3.05) is 60.7 Å². The lowest BCUT2D eigenvalue weighted by Crippen LogP contribution is -2.37. The lowest BCUT2D eigenvalue weighted by atomic mass is 10.1. The van der Waals surface area contributed by atoms with Crippen molar-refractivity contribution in [2.45, 2.75) is 181 Å². The van der Waals surface area contributed by atoms with E-state index >= 15 is 0 Å². The molecule has 0 radical (unpaired) electrons. The predicted molar refractivity (Wildman–Crippen MR) is 208 cm³/mol. The summed E-state index contributed by atoms with van der Waals surface area (Å²) in [5.74, 6) is -1.55.